The van der Waals surface area contributed by atoms with Crippen molar-refractivity contribution in [2.24, 2.45) is 5.92 Å². The van der Waals surface area contributed by atoms with Gasteiger partial charge in [0, 0.05) is 12.6 Å². The minimum absolute atomic E-state index is 0.153. The molecule has 0 saturated heterocycles. The quantitative estimate of drug-likeness (QED) is 0.838. The fourth-order valence-corrected chi connectivity index (χ4v) is 2.90. The number of ether oxygens (including phenoxy) is 1. The summed E-state index contributed by atoms with van der Waals surface area (Å²) in [6.07, 6.45) is 3.50. The molecule has 0 aromatic heterocycles. The summed E-state index contributed by atoms with van der Waals surface area (Å²) in [7, 11) is 0. The lowest BCUT2D eigenvalue weighted by atomic mass is 10.0. The van der Waals surface area contributed by atoms with E-state index in [4.69, 9.17) is 4.74 Å². The van der Waals surface area contributed by atoms with Gasteiger partial charge >= 0.3 is 0 Å². The second-order valence-corrected chi connectivity index (χ2v) is 6.18. The molecular weight excluding hydrogens is 250 g/mol. The highest BCUT2D eigenvalue weighted by atomic mass is 16.5. The van der Waals surface area contributed by atoms with Gasteiger partial charge in [-0.15, -0.1) is 0 Å². The van der Waals surface area contributed by atoms with E-state index in [0.717, 1.165) is 17.2 Å². The third-order valence-electron chi connectivity index (χ3n) is 4.05. The van der Waals surface area contributed by atoms with Crippen molar-refractivity contribution in [1.82, 2.24) is 5.32 Å². The molecule has 0 heterocycles. The Balaban J connectivity index is 1.89. The Morgan fingerprint density at radius 3 is 2.80 bits per heavy atom. The molecule has 20 heavy (non-hydrogen) atoms. The van der Waals surface area contributed by atoms with Crippen LogP contribution in [0.3, 0.4) is 0 Å². The molecule has 1 aromatic carbocycles. The molecule has 0 bridgehead atoms. The van der Waals surface area contributed by atoms with Crippen LogP contribution >= 0.6 is 0 Å². The SMILES string of the molecule is CC(C)Oc1cccc(C(O)CNC2CCCC2C)c1. The van der Waals surface area contributed by atoms with Crippen LogP contribution in [0.15, 0.2) is 24.3 Å². The molecule has 1 fully saturated rings. The van der Waals surface area contributed by atoms with Crippen molar-refractivity contribution < 1.29 is 9.84 Å². The molecule has 1 aliphatic rings. The highest BCUT2D eigenvalue weighted by Crippen LogP contribution is 2.26. The summed E-state index contributed by atoms with van der Waals surface area (Å²) < 4.78 is 5.67. The third kappa shape index (κ3) is 4.22. The van der Waals surface area contributed by atoms with E-state index in [2.05, 4.69) is 12.2 Å². The Hall–Kier alpha value is -1.06. The maximum absolute atomic E-state index is 10.3. The first-order chi connectivity index (χ1) is 9.56. The van der Waals surface area contributed by atoms with E-state index in [9.17, 15) is 5.11 Å². The first-order valence-electron chi connectivity index (χ1n) is 7.74. The topological polar surface area (TPSA) is 41.5 Å². The van der Waals surface area contributed by atoms with Crippen molar-refractivity contribution in [2.45, 2.75) is 58.3 Å². The van der Waals surface area contributed by atoms with Crippen molar-refractivity contribution in [3.63, 3.8) is 0 Å². The number of hydrogen-bond donors (Lipinski definition) is 2. The predicted octanol–water partition coefficient (Wildman–Crippen LogP) is 3.29. The van der Waals surface area contributed by atoms with Crippen LogP contribution in [0.25, 0.3) is 0 Å². The Labute approximate surface area is 122 Å². The van der Waals surface area contributed by atoms with Gasteiger partial charge in [0.2, 0.25) is 0 Å². The Kier molecular flexibility index (Phi) is 5.44. The number of rotatable bonds is 6. The van der Waals surface area contributed by atoms with Crippen molar-refractivity contribution in [3.05, 3.63) is 29.8 Å². The van der Waals surface area contributed by atoms with Crippen molar-refractivity contribution >= 4 is 0 Å². The molecular formula is C17H27NO2. The van der Waals surface area contributed by atoms with Crippen LogP contribution in [-0.4, -0.2) is 23.8 Å². The van der Waals surface area contributed by atoms with Gasteiger partial charge in [-0.2, -0.15) is 0 Å². The van der Waals surface area contributed by atoms with Gasteiger partial charge in [-0.1, -0.05) is 25.5 Å². The fourth-order valence-electron chi connectivity index (χ4n) is 2.90. The standard InChI is InChI=1S/C17H27NO2/c1-12(2)20-15-8-5-7-14(10-15)17(19)11-18-16-9-4-6-13(16)3/h5,7-8,10,12-13,16-19H,4,6,9,11H2,1-3H3. The first-order valence-corrected chi connectivity index (χ1v) is 7.74. The van der Waals surface area contributed by atoms with Gasteiger partial charge in [0.1, 0.15) is 5.75 Å². The first kappa shape index (κ1) is 15.3. The smallest absolute Gasteiger partial charge is 0.120 e. The van der Waals surface area contributed by atoms with E-state index < -0.39 is 6.10 Å². The van der Waals surface area contributed by atoms with Gasteiger partial charge < -0.3 is 15.2 Å². The van der Waals surface area contributed by atoms with Crippen LogP contribution in [0.2, 0.25) is 0 Å². The van der Waals surface area contributed by atoms with Crippen LogP contribution in [0.1, 0.15) is 51.7 Å². The molecule has 3 unspecified atom stereocenters. The summed E-state index contributed by atoms with van der Waals surface area (Å²) in [5.41, 5.74) is 0.918. The number of hydrogen-bond acceptors (Lipinski definition) is 3. The molecule has 0 amide bonds. The Bertz CT molecular complexity index is 419. The summed E-state index contributed by atoms with van der Waals surface area (Å²) in [5, 5.41) is 13.8. The number of benzene rings is 1. The van der Waals surface area contributed by atoms with E-state index >= 15 is 0 Å². The van der Waals surface area contributed by atoms with Crippen molar-refractivity contribution in [2.75, 3.05) is 6.54 Å². The molecule has 1 saturated carbocycles. The summed E-state index contributed by atoms with van der Waals surface area (Å²) in [6, 6.07) is 8.32. The van der Waals surface area contributed by atoms with E-state index in [0.29, 0.717) is 12.6 Å². The average Bonchev–Trinajstić information content (AvgIpc) is 2.81. The maximum Gasteiger partial charge on any atom is 0.120 e. The van der Waals surface area contributed by atoms with Crippen molar-refractivity contribution in [3.8, 4) is 5.75 Å². The molecule has 0 radical (unpaired) electrons. The minimum Gasteiger partial charge on any atom is -0.491 e. The van der Waals surface area contributed by atoms with E-state index in [-0.39, 0.29) is 6.10 Å². The van der Waals surface area contributed by atoms with E-state index in [1.54, 1.807) is 0 Å². The zero-order chi connectivity index (χ0) is 14.5. The summed E-state index contributed by atoms with van der Waals surface area (Å²) in [4.78, 5) is 0. The lowest BCUT2D eigenvalue weighted by molar-refractivity contribution is 0.166. The monoisotopic (exact) mass is 277 g/mol. The van der Waals surface area contributed by atoms with E-state index in [1.165, 1.54) is 19.3 Å². The van der Waals surface area contributed by atoms with Crippen LogP contribution in [0.5, 0.6) is 5.75 Å². The molecule has 2 N–H and O–H groups in total. The number of aliphatic hydroxyl groups is 1. The molecule has 3 atom stereocenters. The normalized spacial score (nSPS) is 24.1. The molecule has 3 heteroatoms. The lowest BCUT2D eigenvalue weighted by Gasteiger charge is -2.20. The van der Waals surface area contributed by atoms with Gasteiger partial charge in [0.05, 0.1) is 12.2 Å². The fraction of sp³-hybridized carbons (Fsp3) is 0.647. The second-order valence-electron chi connectivity index (χ2n) is 6.18. The lowest BCUT2D eigenvalue weighted by Crippen LogP contribution is -2.34. The van der Waals surface area contributed by atoms with Crippen LogP contribution in [0, 0.1) is 5.92 Å². The Morgan fingerprint density at radius 1 is 1.35 bits per heavy atom. The molecule has 112 valence electrons. The average molecular weight is 277 g/mol. The highest BCUT2D eigenvalue weighted by molar-refractivity contribution is 5.30. The molecule has 1 aromatic rings. The van der Waals surface area contributed by atoms with Crippen LogP contribution in [0.4, 0.5) is 0 Å². The van der Waals surface area contributed by atoms with Gasteiger partial charge in [-0.05, 0) is 50.3 Å². The third-order valence-corrected chi connectivity index (χ3v) is 4.05. The molecule has 1 aliphatic carbocycles. The molecule has 2 rings (SSSR count). The van der Waals surface area contributed by atoms with Crippen molar-refractivity contribution in [1.29, 1.82) is 0 Å². The summed E-state index contributed by atoms with van der Waals surface area (Å²) >= 11 is 0. The Morgan fingerprint density at radius 2 is 2.15 bits per heavy atom. The van der Waals surface area contributed by atoms with E-state index in [1.807, 2.05) is 38.1 Å². The van der Waals surface area contributed by atoms with Gasteiger partial charge in [-0.25, -0.2) is 0 Å². The largest absolute Gasteiger partial charge is 0.491 e. The maximum atomic E-state index is 10.3. The van der Waals surface area contributed by atoms with Gasteiger partial charge in [0.15, 0.2) is 0 Å². The zero-order valence-corrected chi connectivity index (χ0v) is 12.8. The zero-order valence-electron chi connectivity index (χ0n) is 12.8. The number of nitrogens with one attached hydrogen (secondary N) is 1. The molecule has 0 aliphatic heterocycles. The second kappa shape index (κ2) is 7.09. The summed E-state index contributed by atoms with van der Waals surface area (Å²) in [5.74, 6) is 1.54. The van der Waals surface area contributed by atoms with Gasteiger partial charge in [0.25, 0.3) is 0 Å². The predicted molar refractivity (Wildman–Crippen MR) is 82.0 cm³/mol. The summed E-state index contributed by atoms with van der Waals surface area (Å²) in [6.45, 7) is 6.91. The molecule has 0 spiro atoms. The number of aliphatic hydroxyl groups excluding tert-OH is 1. The minimum atomic E-state index is -0.474. The van der Waals surface area contributed by atoms with Gasteiger partial charge in [-0.3, -0.25) is 0 Å². The molecule has 3 nitrogen and oxygen atoms in total. The van der Waals surface area contributed by atoms with Crippen LogP contribution < -0.4 is 10.1 Å². The highest BCUT2D eigenvalue weighted by Gasteiger charge is 2.23. The van der Waals surface area contributed by atoms with Crippen LogP contribution in [-0.2, 0) is 0 Å².